The zero-order valence-corrected chi connectivity index (χ0v) is 12.1. The van der Waals surface area contributed by atoms with E-state index in [0.717, 1.165) is 27.5 Å². The van der Waals surface area contributed by atoms with Crippen LogP contribution < -0.4 is 0 Å². The maximum Gasteiger partial charge on any atom is 0.126 e. The van der Waals surface area contributed by atoms with E-state index >= 15 is 0 Å². The molecule has 0 saturated heterocycles. The lowest BCUT2D eigenvalue weighted by Crippen LogP contribution is -1.88. The number of benzene rings is 3. The number of fused-ring (bicyclic) bond motifs is 1. The second kappa shape index (κ2) is 5.61. The molecule has 0 amide bonds. The SMILES string of the molecule is C.Cc1cc(C)cc(-c2c(O)c(C)cc3ccccc23)c1. The standard InChI is InChI=1S/C19H18O.CH4/c1-12-8-13(2)10-16(9-12)18-17-7-5-4-6-15(17)11-14(3)19(18)20;/h4-11,20H,1-3H3;1H4. The summed E-state index contributed by atoms with van der Waals surface area (Å²) >= 11 is 0. The van der Waals surface area contributed by atoms with E-state index in [1.54, 1.807) is 0 Å². The predicted molar refractivity (Wildman–Crippen MR) is 92.0 cm³/mol. The van der Waals surface area contributed by atoms with Gasteiger partial charge in [0.05, 0.1) is 0 Å². The molecule has 0 aromatic heterocycles. The topological polar surface area (TPSA) is 20.2 Å². The summed E-state index contributed by atoms with van der Waals surface area (Å²) in [5, 5.41) is 12.8. The molecule has 0 spiro atoms. The minimum absolute atomic E-state index is 0. The Hall–Kier alpha value is -2.28. The summed E-state index contributed by atoms with van der Waals surface area (Å²) in [6.07, 6.45) is 0. The summed E-state index contributed by atoms with van der Waals surface area (Å²) in [5.74, 6) is 0.383. The van der Waals surface area contributed by atoms with Gasteiger partial charge in [0, 0.05) is 5.56 Å². The molecule has 0 atom stereocenters. The van der Waals surface area contributed by atoms with Gasteiger partial charge in [-0.25, -0.2) is 0 Å². The third kappa shape index (κ3) is 2.64. The largest absolute Gasteiger partial charge is 0.507 e. The number of hydrogen-bond donors (Lipinski definition) is 1. The van der Waals surface area contributed by atoms with Crippen LogP contribution in [0.4, 0.5) is 0 Å². The Kier molecular flexibility index (Phi) is 4.04. The average molecular weight is 278 g/mol. The fraction of sp³-hybridized carbons (Fsp3) is 0.200. The molecule has 0 unspecified atom stereocenters. The third-order valence-electron chi connectivity index (χ3n) is 3.72. The van der Waals surface area contributed by atoms with Crippen molar-refractivity contribution in [1.82, 2.24) is 0 Å². The lowest BCUT2D eigenvalue weighted by Gasteiger charge is -2.13. The average Bonchev–Trinajstić information content (AvgIpc) is 2.39. The van der Waals surface area contributed by atoms with Crippen molar-refractivity contribution in [2.75, 3.05) is 0 Å². The first-order valence-electron chi connectivity index (χ1n) is 6.86. The van der Waals surface area contributed by atoms with E-state index in [1.807, 2.05) is 25.1 Å². The van der Waals surface area contributed by atoms with Crippen molar-refractivity contribution >= 4 is 10.8 Å². The maximum atomic E-state index is 10.5. The number of phenolic OH excluding ortho intramolecular Hbond substituents is 1. The lowest BCUT2D eigenvalue weighted by molar-refractivity contribution is 0.474. The molecular weight excluding hydrogens is 256 g/mol. The first-order chi connectivity index (χ1) is 9.56. The van der Waals surface area contributed by atoms with Crippen molar-refractivity contribution in [2.24, 2.45) is 0 Å². The zero-order chi connectivity index (χ0) is 14.3. The van der Waals surface area contributed by atoms with Crippen molar-refractivity contribution in [2.45, 2.75) is 28.2 Å². The molecule has 1 heteroatoms. The first-order valence-corrected chi connectivity index (χ1v) is 6.86. The van der Waals surface area contributed by atoms with E-state index in [4.69, 9.17) is 0 Å². The van der Waals surface area contributed by atoms with Gasteiger partial charge in [0.15, 0.2) is 0 Å². The monoisotopic (exact) mass is 278 g/mol. The van der Waals surface area contributed by atoms with Crippen molar-refractivity contribution in [3.8, 4) is 16.9 Å². The highest BCUT2D eigenvalue weighted by Gasteiger charge is 2.12. The van der Waals surface area contributed by atoms with Gasteiger partial charge in [-0.15, -0.1) is 0 Å². The molecular formula is C20H22O. The third-order valence-corrected chi connectivity index (χ3v) is 3.72. The van der Waals surface area contributed by atoms with Gasteiger partial charge in [-0.05, 0) is 48.7 Å². The van der Waals surface area contributed by atoms with E-state index in [-0.39, 0.29) is 7.43 Å². The van der Waals surface area contributed by atoms with Gasteiger partial charge >= 0.3 is 0 Å². The van der Waals surface area contributed by atoms with Crippen molar-refractivity contribution < 1.29 is 5.11 Å². The highest BCUT2D eigenvalue weighted by atomic mass is 16.3. The highest BCUT2D eigenvalue weighted by Crippen LogP contribution is 2.39. The minimum Gasteiger partial charge on any atom is -0.507 e. The van der Waals surface area contributed by atoms with Crippen LogP contribution in [0.15, 0.2) is 48.5 Å². The number of aryl methyl sites for hydroxylation is 3. The molecule has 3 aromatic rings. The molecule has 1 nitrogen and oxygen atoms in total. The predicted octanol–water partition coefficient (Wildman–Crippen LogP) is 5.77. The summed E-state index contributed by atoms with van der Waals surface area (Å²) in [7, 11) is 0. The normalized spacial score (nSPS) is 10.4. The van der Waals surface area contributed by atoms with Crippen LogP contribution >= 0.6 is 0 Å². The van der Waals surface area contributed by atoms with Crippen LogP contribution in [-0.4, -0.2) is 5.11 Å². The maximum absolute atomic E-state index is 10.5. The summed E-state index contributed by atoms with van der Waals surface area (Å²) < 4.78 is 0. The van der Waals surface area contributed by atoms with Crippen LogP contribution in [0.2, 0.25) is 0 Å². The second-order valence-electron chi connectivity index (χ2n) is 5.51. The summed E-state index contributed by atoms with van der Waals surface area (Å²) in [4.78, 5) is 0. The van der Waals surface area contributed by atoms with E-state index in [1.165, 1.54) is 11.1 Å². The van der Waals surface area contributed by atoms with Crippen molar-refractivity contribution in [1.29, 1.82) is 0 Å². The number of phenols is 1. The van der Waals surface area contributed by atoms with Crippen LogP contribution in [0.5, 0.6) is 5.75 Å². The van der Waals surface area contributed by atoms with Crippen molar-refractivity contribution in [3.63, 3.8) is 0 Å². The van der Waals surface area contributed by atoms with Crippen LogP contribution in [0.3, 0.4) is 0 Å². The number of hydrogen-bond acceptors (Lipinski definition) is 1. The molecule has 0 aliphatic heterocycles. The molecule has 3 rings (SSSR count). The van der Waals surface area contributed by atoms with E-state index in [9.17, 15) is 5.11 Å². The molecule has 108 valence electrons. The Morgan fingerprint density at radius 2 is 1.43 bits per heavy atom. The minimum atomic E-state index is 0. The molecule has 21 heavy (non-hydrogen) atoms. The Balaban J connectivity index is 0.00000161. The summed E-state index contributed by atoms with van der Waals surface area (Å²) in [6, 6.07) is 16.7. The fourth-order valence-corrected chi connectivity index (χ4v) is 2.89. The fourth-order valence-electron chi connectivity index (χ4n) is 2.89. The van der Waals surface area contributed by atoms with Gasteiger partial charge < -0.3 is 5.11 Å². The van der Waals surface area contributed by atoms with E-state index in [2.05, 4.69) is 44.2 Å². The van der Waals surface area contributed by atoms with Crippen LogP contribution in [-0.2, 0) is 0 Å². The van der Waals surface area contributed by atoms with E-state index in [0.29, 0.717) is 5.75 Å². The highest BCUT2D eigenvalue weighted by molar-refractivity contribution is 6.00. The Bertz CT molecular complexity index is 780. The Morgan fingerprint density at radius 3 is 2.10 bits per heavy atom. The summed E-state index contributed by atoms with van der Waals surface area (Å²) in [5.41, 5.74) is 5.36. The molecule has 0 saturated carbocycles. The molecule has 3 aromatic carbocycles. The molecule has 0 aliphatic rings. The van der Waals surface area contributed by atoms with Crippen LogP contribution in [0, 0.1) is 20.8 Å². The molecule has 0 bridgehead atoms. The molecule has 0 aliphatic carbocycles. The van der Waals surface area contributed by atoms with Crippen LogP contribution in [0.1, 0.15) is 24.1 Å². The Morgan fingerprint density at radius 1 is 0.810 bits per heavy atom. The molecule has 1 N–H and O–H groups in total. The van der Waals surface area contributed by atoms with Crippen molar-refractivity contribution in [3.05, 3.63) is 65.2 Å². The van der Waals surface area contributed by atoms with Gasteiger partial charge in [-0.1, -0.05) is 61.0 Å². The van der Waals surface area contributed by atoms with Gasteiger partial charge in [0.25, 0.3) is 0 Å². The number of rotatable bonds is 1. The molecule has 0 heterocycles. The smallest absolute Gasteiger partial charge is 0.126 e. The van der Waals surface area contributed by atoms with Gasteiger partial charge in [0.2, 0.25) is 0 Å². The quantitative estimate of drug-likeness (QED) is 0.598. The summed E-state index contributed by atoms with van der Waals surface area (Å²) in [6.45, 7) is 6.13. The second-order valence-corrected chi connectivity index (χ2v) is 5.51. The van der Waals surface area contributed by atoms with Gasteiger partial charge in [-0.3, -0.25) is 0 Å². The first kappa shape index (κ1) is 15.1. The van der Waals surface area contributed by atoms with Crippen LogP contribution in [0.25, 0.3) is 21.9 Å². The molecule has 0 fully saturated rings. The number of aromatic hydroxyl groups is 1. The molecule has 0 radical (unpaired) electrons. The lowest BCUT2D eigenvalue weighted by atomic mass is 9.93. The van der Waals surface area contributed by atoms with Gasteiger partial charge in [-0.2, -0.15) is 0 Å². The van der Waals surface area contributed by atoms with Gasteiger partial charge in [0.1, 0.15) is 5.75 Å². The Labute approximate surface area is 126 Å². The zero-order valence-electron chi connectivity index (χ0n) is 12.1. The van der Waals surface area contributed by atoms with E-state index < -0.39 is 0 Å².